The quantitative estimate of drug-likeness (QED) is 0.658. The minimum atomic E-state index is -4.61. The largest absolute Gasteiger partial charge is 0.491 e. The van der Waals surface area contributed by atoms with Gasteiger partial charge in [0.2, 0.25) is 15.9 Å². The monoisotopic (exact) mass is 470 g/mol. The molecule has 0 fully saturated rings. The predicted octanol–water partition coefficient (Wildman–Crippen LogP) is 4.21. The molecule has 0 aromatic heterocycles. The molecule has 1 aliphatic heterocycles. The zero-order chi connectivity index (χ0) is 23.5. The van der Waals surface area contributed by atoms with E-state index in [2.05, 4.69) is 5.32 Å². The number of nitrogens with one attached hydrogen (secondary N) is 1. The molecule has 174 valence electrons. The molecule has 2 aromatic rings. The lowest BCUT2D eigenvalue weighted by Crippen LogP contribution is -2.51. The van der Waals surface area contributed by atoms with E-state index in [0.717, 1.165) is 33.6 Å². The van der Waals surface area contributed by atoms with Gasteiger partial charge in [-0.2, -0.15) is 17.5 Å². The van der Waals surface area contributed by atoms with Crippen molar-refractivity contribution in [2.45, 2.75) is 45.5 Å². The second-order valence-electron chi connectivity index (χ2n) is 7.48. The van der Waals surface area contributed by atoms with Crippen molar-refractivity contribution in [3.63, 3.8) is 0 Å². The highest BCUT2D eigenvalue weighted by molar-refractivity contribution is 7.89. The number of nitrogens with zero attached hydrogens (tertiary/aromatic N) is 1. The van der Waals surface area contributed by atoms with Crippen LogP contribution in [0.25, 0.3) is 0 Å². The van der Waals surface area contributed by atoms with Crippen molar-refractivity contribution in [2.75, 3.05) is 17.7 Å². The Bertz CT molecular complexity index is 1090. The lowest BCUT2D eigenvalue weighted by atomic mass is 9.95. The molecular formula is C22H25F3N2O4S. The fourth-order valence-corrected chi connectivity index (χ4v) is 4.76. The van der Waals surface area contributed by atoms with Gasteiger partial charge in [0.05, 0.1) is 23.6 Å². The molecule has 1 N–H and O–H groups in total. The summed E-state index contributed by atoms with van der Waals surface area (Å²) in [4.78, 5) is 13.2. The second kappa shape index (κ2) is 9.50. The first kappa shape index (κ1) is 24.1. The molecule has 0 aliphatic carbocycles. The molecular weight excluding hydrogens is 445 g/mol. The van der Waals surface area contributed by atoms with Gasteiger partial charge >= 0.3 is 6.18 Å². The Balaban J connectivity index is 1.96. The number of hydrogen-bond donors (Lipinski definition) is 1. The topological polar surface area (TPSA) is 75.7 Å². The molecule has 1 amide bonds. The lowest BCUT2D eigenvalue weighted by molar-refractivity contribution is -0.137. The van der Waals surface area contributed by atoms with Gasteiger partial charge in [0, 0.05) is 6.54 Å². The Morgan fingerprint density at radius 2 is 1.84 bits per heavy atom. The van der Waals surface area contributed by atoms with Crippen LogP contribution < -0.4 is 10.1 Å². The highest BCUT2D eigenvalue weighted by atomic mass is 32.2. The standard InChI is InChI=1S/C22H25F3N2O4S/c1-3-11-31-20-10-9-17(22(23,24)25)13-18(20)26-21(28)19-12-15-7-5-6-8-16(15)14-27(19)32(29,30)4-2/h5-10,13,19H,3-4,11-12,14H2,1-2H3,(H,26,28)/t19-/m0/s1. The van der Waals surface area contributed by atoms with Gasteiger partial charge in [0.25, 0.3) is 0 Å². The summed E-state index contributed by atoms with van der Waals surface area (Å²) in [6.07, 6.45) is -3.87. The van der Waals surface area contributed by atoms with Crippen LogP contribution in [-0.2, 0) is 34.0 Å². The molecule has 10 heteroatoms. The van der Waals surface area contributed by atoms with Crippen molar-refractivity contribution < 1.29 is 31.1 Å². The maximum Gasteiger partial charge on any atom is 0.416 e. The molecule has 1 heterocycles. The summed E-state index contributed by atoms with van der Waals surface area (Å²) in [6, 6.07) is 8.94. The first-order valence-corrected chi connectivity index (χ1v) is 11.9. The van der Waals surface area contributed by atoms with Gasteiger partial charge in [0.15, 0.2) is 0 Å². The number of fused-ring (bicyclic) bond motifs is 1. The van der Waals surface area contributed by atoms with Crippen LogP contribution >= 0.6 is 0 Å². The third-order valence-electron chi connectivity index (χ3n) is 5.26. The van der Waals surface area contributed by atoms with Crippen molar-refractivity contribution in [3.8, 4) is 5.75 Å². The van der Waals surface area contributed by atoms with E-state index in [4.69, 9.17) is 4.74 Å². The molecule has 3 rings (SSSR count). The fraction of sp³-hybridized carbons (Fsp3) is 0.409. The van der Waals surface area contributed by atoms with E-state index in [1.165, 1.54) is 6.92 Å². The Labute approximate surface area is 185 Å². The highest BCUT2D eigenvalue weighted by Gasteiger charge is 2.38. The molecule has 0 bridgehead atoms. The minimum Gasteiger partial charge on any atom is -0.491 e. The molecule has 1 aliphatic rings. The number of rotatable bonds is 7. The summed E-state index contributed by atoms with van der Waals surface area (Å²) in [5.74, 6) is -0.820. The predicted molar refractivity (Wildman–Crippen MR) is 115 cm³/mol. The molecule has 0 saturated heterocycles. The summed E-state index contributed by atoms with van der Waals surface area (Å²) in [6.45, 7) is 3.59. The third-order valence-corrected chi connectivity index (χ3v) is 7.08. The Morgan fingerprint density at radius 1 is 1.16 bits per heavy atom. The van der Waals surface area contributed by atoms with Gasteiger partial charge in [0.1, 0.15) is 11.8 Å². The van der Waals surface area contributed by atoms with Gasteiger partial charge in [-0.25, -0.2) is 8.42 Å². The van der Waals surface area contributed by atoms with Crippen LogP contribution in [0.5, 0.6) is 5.75 Å². The zero-order valence-electron chi connectivity index (χ0n) is 17.8. The molecule has 0 saturated carbocycles. The highest BCUT2D eigenvalue weighted by Crippen LogP contribution is 2.36. The number of ether oxygens (including phenoxy) is 1. The number of hydrogen-bond acceptors (Lipinski definition) is 4. The van der Waals surface area contributed by atoms with Crippen LogP contribution in [-0.4, -0.2) is 37.0 Å². The van der Waals surface area contributed by atoms with Gasteiger partial charge in [-0.3, -0.25) is 4.79 Å². The van der Waals surface area contributed by atoms with E-state index in [1.54, 1.807) is 18.2 Å². The van der Waals surface area contributed by atoms with Crippen LogP contribution in [0.3, 0.4) is 0 Å². The molecule has 0 spiro atoms. The first-order chi connectivity index (χ1) is 15.1. The van der Waals surface area contributed by atoms with E-state index in [1.807, 2.05) is 13.0 Å². The number of carbonyl (C=O) groups excluding carboxylic acids is 1. The van der Waals surface area contributed by atoms with Crippen molar-refractivity contribution in [1.29, 1.82) is 0 Å². The van der Waals surface area contributed by atoms with Crippen LogP contribution in [0.1, 0.15) is 37.0 Å². The minimum absolute atomic E-state index is 0.0201. The number of halogens is 3. The Kier molecular flexibility index (Phi) is 7.14. The molecule has 1 atom stereocenters. The fourth-order valence-electron chi connectivity index (χ4n) is 3.54. The summed E-state index contributed by atoms with van der Waals surface area (Å²) in [5.41, 5.74) is 0.524. The number of carbonyl (C=O) groups is 1. The van der Waals surface area contributed by atoms with E-state index in [0.29, 0.717) is 6.42 Å². The third kappa shape index (κ3) is 5.24. The van der Waals surface area contributed by atoms with Gasteiger partial charge in [-0.05, 0) is 49.1 Å². The van der Waals surface area contributed by atoms with Crippen LogP contribution in [0.4, 0.5) is 18.9 Å². The van der Waals surface area contributed by atoms with Crippen LogP contribution in [0.2, 0.25) is 0 Å². The summed E-state index contributed by atoms with van der Waals surface area (Å²) < 4.78 is 71.7. The van der Waals surface area contributed by atoms with Crippen molar-refractivity contribution in [3.05, 3.63) is 59.2 Å². The molecule has 6 nitrogen and oxygen atoms in total. The maximum atomic E-state index is 13.2. The van der Waals surface area contributed by atoms with Crippen molar-refractivity contribution in [2.24, 2.45) is 0 Å². The SMILES string of the molecule is CCCOc1ccc(C(F)(F)F)cc1NC(=O)[C@@H]1Cc2ccccc2CN1S(=O)(=O)CC. The van der Waals surface area contributed by atoms with Crippen molar-refractivity contribution >= 4 is 21.6 Å². The van der Waals surface area contributed by atoms with Gasteiger partial charge in [-0.15, -0.1) is 0 Å². The Hall–Kier alpha value is -2.59. The molecule has 0 unspecified atom stereocenters. The Morgan fingerprint density at radius 3 is 2.47 bits per heavy atom. The normalized spacial score (nSPS) is 17.0. The summed E-state index contributed by atoms with van der Waals surface area (Å²) >= 11 is 0. The second-order valence-corrected chi connectivity index (χ2v) is 9.69. The number of amides is 1. The number of benzene rings is 2. The molecule has 2 aromatic carbocycles. The maximum absolute atomic E-state index is 13.2. The van der Waals surface area contributed by atoms with E-state index >= 15 is 0 Å². The van der Waals surface area contributed by atoms with Crippen LogP contribution in [0, 0.1) is 0 Å². The van der Waals surface area contributed by atoms with E-state index in [9.17, 15) is 26.4 Å². The van der Waals surface area contributed by atoms with E-state index < -0.39 is 33.7 Å². The zero-order valence-corrected chi connectivity index (χ0v) is 18.6. The lowest BCUT2D eigenvalue weighted by Gasteiger charge is -2.35. The van der Waals surface area contributed by atoms with Crippen LogP contribution in [0.15, 0.2) is 42.5 Å². The summed E-state index contributed by atoms with van der Waals surface area (Å²) in [7, 11) is -3.74. The summed E-state index contributed by atoms with van der Waals surface area (Å²) in [5, 5.41) is 2.49. The average molecular weight is 471 g/mol. The first-order valence-electron chi connectivity index (χ1n) is 10.3. The van der Waals surface area contributed by atoms with Gasteiger partial charge in [-0.1, -0.05) is 31.2 Å². The van der Waals surface area contributed by atoms with Crippen molar-refractivity contribution in [1.82, 2.24) is 4.31 Å². The number of sulfonamides is 1. The molecule has 32 heavy (non-hydrogen) atoms. The number of anilines is 1. The smallest absolute Gasteiger partial charge is 0.416 e. The van der Waals surface area contributed by atoms with E-state index in [-0.39, 0.29) is 36.8 Å². The van der Waals surface area contributed by atoms with Gasteiger partial charge < -0.3 is 10.1 Å². The number of alkyl halides is 3. The molecule has 0 radical (unpaired) electrons. The average Bonchev–Trinajstić information content (AvgIpc) is 2.76.